The molecule has 2 rings (SSSR count). The summed E-state index contributed by atoms with van der Waals surface area (Å²) in [5.41, 5.74) is 8.97. The van der Waals surface area contributed by atoms with Crippen LogP contribution in [0.2, 0.25) is 0 Å². The van der Waals surface area contributed by atoms with Crippen LogP contribution in [0.25, 0.3) is 0 Å². The van der Waals surface area contributed by atoms with Crippen LogP contribution in [0.15, 0.2) is 54.6 Å². The first-order chi connectivity index (χ1) is 10.6. The molecule has 2 aromatic carbocycles. The fourth-order valence-electron chi connectivity index (χ4n) is 2.38. The van der Waals surface area contributed by atoms with E-state index in [1.54, 1.807) is 6.92 Å². The highest BCUT2D eigenvalue weighted by Gasteiger charge is 2.27. The van der Waals surface area contributed by atoms with Crippen LogP contribution in [0, 0.1) is 0 Å². The van der Waals surface area contributed by atoms with E-state index in [1.807, 2.05) is 54.6 Å². The van der Waals surface area contributed by atoms with Crippen molar-refractivity contribution in [1.82, 2.24) is 0 Å². The molecule has 4 nitrogen and oxygen atoms in total. The summed E-state index contributed by atoms with van der Waals surface area (Å²) in [5, 5.41) is 10.1. The first-order valence-corrected chi connectivity index (χ1v) is 7.35. The van der Waals surface area contributed by atoms with Gasteiger partial charge in [0.1, 0.15) is 0 Å². The van der Waals surface area contributed by atoms with Gasteiger partial charge in [-0.25, -0.2) is 4.79 Å². The Hall–Kier alpha value is -2.17. The third kappa shape index (κ3) is 3.93. The molecule has 0 aliphatic heterocycles. The van der Waals surface area contributed by atoms with Gasteiger partial charge in [0.05, 0.1) is 12.6 Å². The number of carbonyl (C=O) groups is 1. The standard InChI is InChI=1S/C18H21NO3/c1-2-22-18(21)17(20)16(19)15-11-7-6-10-14(15)12-13-8-4-3-5-9-13/h3-11,16-17,20H,2,12,19H2,1H3/t16-,17?/m1/s1. The van der Waals surface area contributed by atoms with Crippen molar-refractivity contribution in [3.8, 4) is 0 Å². The average Bonchev–Trinajstić information content (AvgIpc) is 2.55. The Bertz CT molecular complexity index is 613. The van der Waals surface area contributed by atoms with Gasteiger partial charge in [0.15, 0.2) is 6.10 Å². The Morgan fingerprint density at radius 1 is 1.14 bits per heavy atom. The third-order valence-electron chi connectivity index (χ3n) is 3.52. The second kappa shape index (κ2) is 7.73. The third-order valence-corrected chi connectivity index (χ3v) is 3.52. The maximum absolute atomic E-state index is 11.7. The van der Waals surface area contributed by atoms with Gasteiger partial charge < -0.3 is 15.6 Å². The summed E-state index contributed by atoms with van der Waals surface area (Å²) in [5.74, 6) is -0.690. The lowest BCUT2D eigenvalue weighted by molar-refractivity contribution is -0.154. The number of hydrogen-bond donors (Lipinski definition) is 2. The number of ether oxygens (including phenoxy) is 1. The first-order valence-electron chi connectivity index (χ1n) is 7.35. The summed E-state index contributed by atoms with van der Waals surface area (Å²) in [4.78, 5) is 11.7. The van der Waals surface area contributed by atoms with Gasteiger partial charge in [-0.05, 0) is 30.0 Å². The van der Waals surface area contributed by atoms with Crippen molar-refractivity contribution in [3.05, 3.63) is 71.3 Å². The van der Waals surface area contributed by atoms with E-state index in [2.05, 4.69) is 0 Å². The Morgan fingerprint density at radius 2 is 1.77 bits per heavy atom. The Balaban J connectivity index is 2.22. The highest BCUT2D eigenvalue weighted by Crippen LogP contribution is 2.22. The molecule has 0 aliphatic rings. The van der Waals surface area contributed by atoms with Gasteiger partial charge in [0.25, 0.3) is 0 Å². The fourth-order valence-corrected chi connectivity index (χ4v) is 2.38. The largest absolute Gasteiger partial charge is 0.464 e. The molecule has 2 atom stereocenters. The van der Waals surface area contributed by atoms with Crippen LogP contribution in [-0.2, 0) is 16.0 Å². The minimum atomic E-state index is -1.36. The van der Waals surface area contributed by atoms with E-state index in [0.29, 0.717) is 6.42 Å². The number of aliphatic hydroxyl groups excluding tert-OH is 1. The monoisotopic (exact) mass is 299 g/mol. The summed E-state index contributed by atoms with van der Waals surface area (Å²) < 4.78 is 4.84. The Kier molecular flexibility index (Phi) is 5.69. The van der Waals surface area contributed by atoms with Crippen LogP contribution >= 0.6 is 0 Å². The number of aliphatic hydroxyl groups is 1. The van der Waals surface area contributed by atoms with Gasteiger partial charge in [-0.15, -0.1) is 0 Å². The lowest BCUT2D eigenvalue weighted by Gasteiger charge is -2.20. The molecule has 0 saturated heterocycles. The van der Waals surface area contributed by atoms with Crippen molar-refractivity contribution < 1.29 is 14.6 Å². The van der Waals surface area contributed by atoms with Crippen molar-refractivity contribution in [2.24, 2.45) is 5.73 Å². The lowest BCUT2D eigenvalue weighted by Crippen LogP contribution is -2.35. The number of carbonyl (C=O) groups excluding carboxylic acids is 1. The molecule has 0 amide bonds. The quantitative estimate of drug-likeness (QED) is 0.802. The SMILES string of the molecule is CCOC(=O)C(O)[C@H](N)c1ccccc1Cc1ccccc1. The van der Waals surface area contributed by atoms with Gasteiger partial charge in [0.2, 0.25) is 0 Å². The molecular weight excluding hydrogens is 278 g/mol. The highest BCUT2D eigenvalue weighted by molar-refractivity contribution is 5.75. The number of benzene rings is 2. The summed E-state index contributed by atoms with van der Waals surface area (Å²) >= 11 is 0. The molecule has 4 heteroatoms. The fraction of sp³-hybridized carbons (Fsp3) is 0.278. The molecule has 0 radical (unpaired) electrons. The minimum absolute atomic E-state index is 0.217. The summed E-state index contributed by atoms with van der Waals surface area (Å²) in [6.07, 6.45) is -0.669. The Morgan fingerprint density at radius 3 is 2.45 bits per heavy atom. The van der Waals surface area contributed by atoms with Crippen LogP contribution < -0.4 is 5.73 Å². The van der Waals surface area contributed by atoms with E-state index in [1.165, 1.54) is 0 Å². The zero-order valence-corrected chi connectivity index (χ0v) is 12.6. The summed E-state index contributed by atoms with van der Waals surface area (Å²) in [6, 6.07) is 16.7. The van der Waals surface area contributed by atoms with Gasteiger partial charge in [-0.2, -0.15) is 0 Å². The molecular formula is C18H21NO3. The average molecular weight is 299 g/mol. The van der Waals surface area contributed by atoms with Crippen molar-refractivity contribution in [3.63, 3.8) is 0 Å². The van der Waals surface area contributed by atoms with Crippen LogP contribution in [-0.4, -0.2) is 23.8 Å². The number of esters is 1. The molecule has 0 heterocycles. The van der Waals surface area contributed by atoms with Crippen molar-refractivity contribution in [2.45, 2.75) is 25.5 Å². The lowest BCUT2D eigenvalue weighted by atomic mass is 9.93. The van der Waals surface area contributed by atoms with E-state index in [4.69, 9.17) is 10.5 Å². The zero-order chi connectivity index (χ0) is 15.9. The van der Waals surface area contributed by atoms with Gasteiger partial charge in [0, 0.05) is 0 Å². The molecule has 0 bridgehead atoms. The van der Waals surface area contributed by atoms with Gasteiger partial charge >= 0.3 is 5.97 Å². The topological polar surface area (TPSA) is 72.5 Å². The molecule has 0 fully saturated rings. The predicted octanol–water partition coefficient (Wildman–Crippen LogP) is 2.20. The van der Waals surface area contributed by atoms with Crippen molar-refractivity contribution in [2.75, 3.05) is 6.61 Å². The van der Waals surface area contributed by atoms with Crippen LogP contribution in [0.3, 0.4) is 0 Å². The minimum Gasteiger partial charge on any atom is -0.464 e. The molecule has 1 unspecified atom stereocenters. The molecule has 0 aliphatic carbocycles. The van der Waals surface area contributed by atoms with Crippen LogP contribution in [0.1, 0.15) is 29.7 Å². The summed E-state index contributed by atoms with van der Waals surface area (Å²) in [6.45, 7) is 1.91. The molecule has 0 aromatic heterocycles. The molecule has 3 N–H and O–H groups in total. The van der Waals surface area contributed by atoms with Gasteiger partial charge in [-0.3, -0.25) is 0 Å². The van der Waals surface area contributed by atoms with E-state index < -0.39 is 18.1 Å². The smallest absolute Gasteiger partial charge is 0.336 e. The predicted molar refractivity (Wildman–Crippen MR) is 85.3 cm³/mol. The maximum atomic E-state index is 11.7. The van der Waals surface area contributed by atoms with E-state index in [0.717, 1.165) is 16.7 Å². The van der Waals surface area contributed by atoms with E-state index >= 15 is 0 Å². The molecule has 0 spiro atoms. The summed E-state index contributed by atoms with van der Waals surface area (Å²) in [7, 11) is 0. The number of rotatable bonds is 6. The first kappa shape index (κ1) is 16.2. The van der Waals surface area contributed by atoms with E-state index in [9.17, 15) is 9.90 Å². The second-order valence-electron chi connectivity index (χ2n) is 5.08. The van der Waals surface area contributed by atoms with Crippen molar-refractivity contribution in [1.29, 1.82) is 0 Å². The zero-order valence-electron chi connectivity index (χ0n) is 12.6. The normalized spacial score (nSPS) is 13.4. The van der Waals surface area contributed by atoms with Crippen LogP contribution in [0.4, 0.5) is 0 Å². The highest BCUT2D eigenvalue weighted by atomic mass is 16.5. The maximum Gasteiger partial charge on any atom is 0.336 e. The number of nitrogens with two attached hydrogens (primary N) is 1. The van der Waals surface area contributed by atoms with Crippen LogP contribution in [0.5, 0.6) is 0 Å². The van der Waals surface area contributed by atoms with E-state index in [-0.39, 0.29) is 6.61 Å². The number of hydrogen-bond acceptors (Lipinski definition) is 4. The second-order valence-corrected chi connectivity index (χ2v) is 5.08. The molecule has 22 heavy (non-hydrogen) atoms. The Labute approximate surface area is 130 Å². The molecule has 2 aromatic rings. The molecule has 116 valence electrons. The van der Waals surface area contributed by atoms with Gasteiger partial charge in [-0.1, -0.05) is 54.6 Å². The molecule has 0 saturated carbocycles. The van der Waals surface area contributed by atoms with Crippen molar-refractivity contribution >= 4 is 5.97 Å².